The predicted molar refractivity (Wildman–Crippen MR) is 131 cm³/mol. The van der Waals surface area contributed by atoms with E-state index in [9.17, 15) is 23.2 Å². The molecule has 35 heavy (non-hydrogen) atoms. The zero-order chi connectivity index (χ0) is 25.9. The molecule has 0 saturated carbocycles. The number of carbonyl (C=O) groups excluding carboxylic acids is 1. The number of aromatic nitrogens is 2. The first kappa shape index (κ1) is 26.3. The molecule has 10 heteroatoms. The Morgan fingerprint density at radius 2 is 1.63 bits per heavy atom. The van der Waals surface area contributed by atoms with E-state index in [0.29, 0.717) is 5.56 Å². The molecule has 1 amide bonds. The van der Waals surface area contributed by atoms with E-state index in [1.807, 2.05) is 0 Å². The number of rotatable bonds is 6. The maximum atomic E-state index is 14.3. The Morgan fingerprint density at radius 1 is 1.03 bits per heavy atom. The summed E-state index contributed by atoms with van der Waals surface area (Å²) in [5, 5.41) is 2.71. The molecule has 0 saturated heterocycles. The van der Waals surface area contributed by atoms with Gasteiger partial charge in [0.1, 0.15) is 21.7 Å². The summed E-state index contributed by atoms with van der Waals surface area (Å²) in [6, 6.07) is 11.4. The molecule has 2 aromatic carbocycles. The Kier molecular flexibility index (Phi) is 7.94. The average molecular weight is 550 g/mol. The Morgan fingerprint density at radius 3 is 2.20 bits per heavy atom. The molecule has 1 heterocycles. The summed E-state index contributed by atoms with van der Waals surface area (Å²) in [4.78, 5) is 38.9. The van der Waals surface area contributed by atoms with Crippen molar-refractivity contribution in [2.75, 3.05) is 0 Å². The summed E-state index contributed by atoms with van der Waals surface area (Å²) in [6.07, 6.45) is -0.723. The highest BCUT2D eigenvalue weighted by Crippen LogP contribution is 2.19. The number of hydrogen-bond acceptors (Lipinski definition) is 4. The van der Waals surface area contributed by atoms with Crippen molar-refractivity contribution in [3.05, 3.63) is 102 Å². The van der Waals surface area contributed by atoms with Crippen LogP contribution in [0.1, 0.15) is 43.6 Å². The van der Waals surface area contributed by atoms with E-state index in [-0.39, 0.29) is 22.3 Å². The number of alkyl carbamates (subject to hydrolysis) is 1. The van der Waals surface area contributed by atoms with Crippen molar-refractivity contribution in [3.63, 3.8) is 0 Å². The lowest BCUT2D eigenvalue weighted by Gasteiger charge is -2.25. The SMILES string of the molecule is Cc1c(Br)c(=O)n(CC(NC(=O)OC(C)(C)C)c2ccccc2)c(=O)n1Cc1c(F)cccc1F. The molecule has 0 aliphatic heterocycles. The Hall–Kier alpha value is -3.27. The summed E-state index contributed by atoms with van der Waals surface area (Å²) in [6.45, 7) is 5.99. The van der Waals surface area contributed by atoms with Gasteiger partial charge in [-0.15, -0.1) is 0 Å². The minimum absolute atomic E-state index is 0.0675. The van der Waals surface area contributed by atoms with Crippen molar-refractivity contribution < 1.29 is 18.3 Å². The molecule has 1 N–H and O–H groups in total. The zero-order valence-corrected chi connectivity index (χ0v) is 21.4. The van der Waals surface area contributed by atoms with Crippen molar-refractivity contribution in [2.24, 2.45) is 0 Å². The highest BCUT2D eigenvalue weighted by Gasteiger charge is 2.24. The fourth-order valence-corrected chi connectivity index (χ4v) is 3.94. The van der Waals surface area contributed by atoms with Gasteiger partial charge in [-0.2, -0.15) is 0 Å². The minimum Gasteiger partial charge on any atom is -0.444 e. The first-order valence-corrected chi connectivity index (χ1v) is 11.7. The summed E-state index contributed by atoms with van der Waals surface area (Å²) in [7, 11) is 0. The molecule has 186 valence electrons. The summed E-state index contributed by atoms with van der Waals surface area (Å²) in [5.74, 6) is -1.61. The molecule has 0 aliphatic rings. The van der Waals surface area contributed by atoms with E-state index in [1.165, 1.54) is 13.0 Å². The second-order valence-corrected chi connectivity index (χ2v) is 9.79. The molecule has 1 aromatic heterocycles. The number of amides is 1. The lowest BCUT2D eigenvalue weighted by atomic mass is 10.1. The summed E-state index contributed by atoms with van der Waals surface area (Å²) in [5.41, 5.74) is -1.62. The van der Waals surface area contributed by atoms with Crippen LogP contribution in [0.25, 0.3) is 0 Å². The van der Waals surface area contributed by atoms with Crippen molar-refractivity contribution in [2.45, 2.75) is 52.4 Å². The largest absolute Gasteiger partial charge is 0.444 e. The standard InChI is InChI=1S/C25H26BrF2N3O4/c1-15-21(26)22(32)31(24(34)30(15)13-17-18(27)11-8-12-19(17)28)14-20(16-9-6-5-7-10-16)29-23(33)35-25(2,3)4/h5-12,20H,13-14H2,1-4H3,(H,29,33). The number of nitrogens with zero attached hydrogens (tertiary/aromatic N) is 2. The third-order valence-corrected chi connectivity index (χ3v) is 6.17. The van der Waals surface area contributed by atoms with Gasteiger partial charge in [0.25, 0.3) is 5.56 Å². The highest BCUT2D eigenvalue weighted by atomic mass is 79.9. The lowest BCUT2D eigenvalue weighted by Crippen LogP contribution is -2.45. The van der Waals surface area contributed by atoms with Crippen LogP contribution >= 0.6 is 15.9 Å². The van der Waals surface area contributed by atoms with Gasteiger partial charge in [0.2, 0.25) is 0 Å². The Labute approximate surface area is 209 Å². The Balaban J connectivity index is 2.07. The van der Waals surface area contributed by atoms with Crippen molar-refractivity contribution in [3.8, 4) is 0 Å². The van der Waals surface area contributed by atoms with Gasteiger partial charge >= 0.3 is 11.8 Å². The monoisotopic (exact) mass is 549 g/mol. The van der Waals surface area contributed by atoms with Crippen LogP contribution in [0, 0.1) is 18.6 Å². The van der Waals surface area contributed by atoms with Crippen LogP contribution in [-0.4, -0.2) is 20.8 Å². The first-order valence-electron chi connectivity index (χ1n) is 10.9. The van der Waals surface area contributed by atoms with Gasteiger partial charge in [-0.05, 0) is 61.3 Å². The number of nitrogens with one attached hydrogen (secondary N) is 1. The smallest absolute Gasteiger partial charge is 0.408 e. The molecule has 0 bridgehead atoms. The van der Waals surface area contributed by atoms with E-state index >= 15 is 0 Å². The van der Waals surface area contributed by atoms with E-state index < -0.39 is 47.2 Å². The van der Waals surface area contributed by atoms with E-state index in [2.05, 4.69) is 21.2 Å². The van der Waals surface area contributed by atoms with E-state index in [4.69, 9.17) is 4.74 Å². The van der Waals surface area contributed by atoms with Crippen LogP contribution in [0.4, 0.5) is 13.6 Å². The van der Waals surface area contributed by atoms with Gasteiger partial charge in [0.05, 0.1) is 19.1 Å². The minimum atomic E-state index is -0.807. The third-order valence-electron chi connectivity index (χ3n) is 5.25. The van der Waals surface area contributed by atoms with E-state index in [1.54, 1.807) is 51.1 Å². The number of ether oxygens (including phenoxy) is 1. The van der Waals surface area contributed by atoms with Crippen molar-refractivity contribution in [1.82, 2.24) is 14.5 Å². The van der Waals surface area contributed by atoms with Gasteiger partial charge in [0.15, 0.2) is 0 Å². The maximum absolute atomic E-state index is 14.3. The molecule has 7 nitrogen and oxygen atoms in total. The molecular weight excluding hydrogens is 524 g/mol. The fraction of sp³-hybridized carbons (Fsp3) is 0.320. The van der Waals surface area contributed by atoms with Crippen molar-refractivity contribution >= 4 is 22.0 Å². The first-order chi connectivity index (χ1) is 16.4. The number of hydrogen-bond donors (Lipinski definition) is 1. The summed E-state index contributed by atoms with van der Waals surface area (Å²) >= 11 is 3.21. The van der Waals surface area contributed by atoms with Crippen LogP contribution in [0.5, 0.6) is 0 Å². The highest BCUT2D eigenvalue weighted by molar-refractivity contribution is 9.10. The number of benzene rings is 2. The topological polar surface area (TPSA) is 82.3 Å². The van der Waals surface area contributed by atoms with Crippen LogP contribution in [-0.2, 0) is 17.8 Å². The normalized spacial score (nSPS) is 12.3. The predicted octanol–water partition coefficient (Wildman–Crippen LogP) is 4.67. The quantitative estimate of drug-likeness (QED) is 0.484. The molecule has 3 rings (SSSR count). The second-order valence-electron chi connectivity index (χ2n) is 8.99. The fourth-order valence-electron chi connectivity index (χ4n) is 3.51. The molecule has 0 spiro atoms. The molecule has 1 unspecified atom stereocenters. The van der Waals surface area contributed by atoms with Gasteiger partial charge in [0, 0.05) is 11.3 Å². The maximum Gasteiger partial charge on any atom is 0.408 e. The van der Waals surface area contributed by atoms with Gasteiger partial charge in [-0.1, -0.05) is 36.4 Å². The lowest BCUT2D eigenvalue weighted by molar-refractivity contribution is 0.0497. The van der Waals surface area contributed by atoms with Crippen LogP contribution in [0.15, 0.2) is 62.6 Å². The molecule has 3 aromatic rings. The van der Waals surface area contributed by atoms with Gasteiger partial charge in [-0.25, -0.2) is 18.4 Å². The number of carbonyl (C=O) groups is 1. The third kappa shape index (κ3) is 6.25. The van der Waals surface area contributed by atoms with Crippen LogP contribution < -0.4 is 16.6 Å². The molecule has 0 fully saturated rings. The zero-order valence-electron chi connectivity index (χ0n) is 19.8. The van der Waals surface area contributed by atoms with Gasteiger partial charge < -0.3 is 10.1 Å². The van der Waals surface area contributed by atoms with Crippen molar-refractivity contribution in [1.29, 1.82) is 0 Å². The van der Waals surface area contributed by atoms with Crippen LogP contribution in [0.2, 0.25) is 0 Å². The Bertz CT molecular complexity index is 1330. The van der Waals surface area contributed by atoms with Gasteiger partial charge in [-0.3, -0.25) is 13.9 Å². The summed E-state index contributed by atoms with van der Waals surface area (Å²) < 4.78 is 36.0. The van der Waals surface area contributed by atoms with E-state index in [0.717, 1.165) is 21.3 Å². The second kappa shape index (κ2) is 10.6. The molecular formula is C25H26BrF2N3O4. The molecule has 0 aliphatic carbocycles. The average Bonchev–Trinajstić information content (AvgIpc) is 2.78. The van der Waals surface area contributed by atoms with Crippen LogP contribution in [0.3, 0.4) is 0 Å². The molecule has 1 atom stereocenters. The number of halogens is 3. The molecule has 0 radical (unpaired) electrons.